The first-order valence-corrected chi connectivity index (χ1v) is 10.5. The number of aromatic nitrogens is 2. The molecular formula is C22H25ClFN5O2. The number of fused-ring (bicyclic) bond motifs is 1. The van der Waals surface area contributed by atoms with Crippen LogP contribution < -0.4 is 15.5 Å². The number of ether oxygens (including phenoxy) is 2. The van der Waals surface area contributed by atoms with E-state index in [0.717, 1.165) is 23.0 Å². The summed E-state index contributed by atoms with van der Waals surface area (Å²) in [5.74, 6) is 0.810. The molecule has 0 amide bonds. The van der Waals surface area contributed by atoms with Crippen LogP contribution >= 0.6 is 11.6 Å². The van der Waals surface area contributed by atoms with Crippen LogP contribution in [0.25, 0.3) is 10.9 Å². The van der Waals surface area contributed by atoms with Crippen LogP contribution in [-0.2, 0) is 4.74 Å². The summed E-state index contributed by atoms with van der Waals surface area (Å²) in [5, 5.41) is 6.03. The van der Waals surface area contributed by atoms with Crippen LogP contribution in [0.3, 0.4) is 0 Å². The lowest BCUT2D eigenvalue weighted by Gasteiger charge is -2.26. The molecule has 1 aliphatic heterocycles. The number of benzene rings is 2. The van der Waals surface area contributed by atoms with Crippen molar-refractivity contribution in [1.29, 1.82) is 0 Å². The van der Waals surface area contributed by atoms with Gasteiger partial charge in [-0.3, -0.25) is 0 Å². The van der Waals surface area contributed by atoms with E-state index in [1.54, 1.807) is 6.07 Å². The second kappa shape index (κ2) is 9.21. The first kappa shape index (κ1) is 21.5. The molecule has 0 radical (unpaired) electrons. The van der Waals surface area contributed by atoms with E-state index < -0.39 is 5.82 Å². The third-order valence-corrected chi connectivity index (χ3v) is 5.46. The summed E-state index contributed by atoms with van der Waals surface area (Å²) < 4.78 is 25.2. The predicted molar refractivity (Wildman–Crippen MR) is 121 cm³/mol. The van der Waals surface area contributed by atoms with Gasteiger partial charge in [-0.1, -0.05) is 11.6 Å². The zero-order chi connectivity index (χ0) is 22.0. The SMILES string of the molecule is CC(C)N(C)Nc1cc2c(Nc3ccc(F)c(Cl)c3)ncnc2cc1O[C@H]1CCOC1. The first-order chi connectivity index (χ1) is 14.9. The minimum absolute atomic E-state index is 0.00291. The summed E-state index contributed by atoms with van der Waals surface area (Å²) in [4.78, 5) is 8.80. The number of nitrogens with zero attached hydrogens (tertiary/aromatic N) is 3. The van der Waals surface area contributed by atoms with Gasteiger partial charge in [-0.2, -0.15) is 0 Å². The van der Waals surface area contributed by atoms with Gasteiger partial charge in [0.05, 0.1) is 29.4 Å². The van der Waals surface area contributed by atoms with Crippen molar-refractivity contribution >= 4 is 39.7 Å². The largest absolute Gasteiger partial charge is 0.486 e. The zero-order valence-corrected chi connectivity index (χ0v) is 18.4. The second-order valence-corrected chi connectivity index (χ2v) is 8.17. The summed E-state index contributed by atoms with van der Waals surface area (Å²) in [5.41, 5.74) is 5.54. The second-order valence-electron chi connectivity index (χ2n) is 7.76. The van der Waals surface area contributed by atoms with E-state index >= 15 is 0 Å². The Hall–Kier alpha value is -2.68. The summed E-state index contributed by atoms with van der Waals surface area (Å²) in [6, 6.07) is 8.56. The lowest BCUT2D eigenvalue weighted by atomic mass is 10.1. The normalized spacial score (nSPS) is 16.3. The standard InChI is InChI=1S/C22H25ClFN5O2/c1-13(2)29(3)28-20-9-16-19(10-21(20)31-15-6-7-30-11-15)25-12-26-22(16)27-14-4-5-18(24)17(23)8-14/h4-5,8-10,12-13,15,28H,6-7,11H2,1-3H3,(H,25,26,27)/t15-/m0/s1. The van der Waals surface area contributed by atoms with Crippen molar-refractivity contribution in [3.63, 3.8) is 0 Å². The van der Waals surface area contributed by atoms with Gasteiger partial charge in [-0.05, 0) is 38.1 Å². The minimum Gasteiger partial charge on any atom is -0.486 e. The van der Waals surface area contributed by atoms with Gasteiger partial charge in [0.25, 0.3) is 0 Å². The Morgan fingerprint density at radius 3 is 2.81 bits per heavy atom. The van der Waals surface area contributed by atoms with E-state index in [1.165, 1.54) is 18.5 Å². The number of rotatable bonds is 7. The molecule has 7 nitrogen and oxygen atoms in total. The van der Waals surface area contributed by atoms with Crippen molar-refractivity contribution < 1.29 is 13.9 Å². The highest BCUT2D eigenvalue weighted by Crippen LogP contribution is 2.35. The Balaban J connectivity index is 1.73. The molecule has 0 aliphatic carbocycles. The van der Waals surface area contributed by atoms with Crippen molar-refractivity contribution in [1.82, 2.24) is 15.0 Å². The molecule has 31 heavy (non-hydrogen) atoms. The lowest BCUT2D eigenvalue weighted by molar-refractivity contribution is 0.141. The number of hydrogen-bond acceptors (Lipinski definition) is 7. The molecule has 1 atom stereocenters. The number of nitrogens with one attached hydrogen (secondary N) is 2. The van der Waals surface area contributed by atoms with E-state index in [9.17, 15) is 4.39 Å². The van der Waals surface area contributed by atoms with Crippen molar-refractivity contribution in [2.24, 2.45) is 0 Å². The van der Waals surface area contributed by atoms with Crippen molar-refractivity contribution in [2.45, 2.75) is 32.4 Å². The van der Waals surface area contributed by atoms with Gasteiger partial charge in [0.1, 0.15) is 29.8 Å². The van der Waals surface area contributed by atoms with Gasteiger partial charge in [0, 0.05) is 36.7 Å². The van der Waals surface area contributed by atoms with Gasteiger partial charge in [0.15, 0.2) is 0 Å². The smallest absolute Gasteiger partial charge is 0.146 e. The quantitative estimate of drug-likeness (QED) is 0.496. The molecule has 2 aromatic carbocycles. The maximum absolute atomic E-state index is 13.5. The Labute approximate surface area is 185 Å². The van der Waals surface area contributed by atoms with Crippen LogP contribution in [0.2, 0.25) is 5.02 Å². The average Bonchev–Trinajstić information content (AvgIpc) is 3.24. The van der Waals surface area contributed by atoms with E-state index in [1.807, 2.05) is 24.2 Å². The first-order valence-electron chi connectivity index (χ1n) is 10.2. The number of hydrogen-bond donors (Lipinski definition) is 2. The fraction of sp³-hybridized carbons (Fsp3) is 0.364. The monoisotopic (exact) mass is 445 g/mol. The summed E-state index contributed by atoms with van der Waals surface area (Å²) in [6.45, 7) is 5.45. The Bertz CT molecular complexity index is 1080. The van der Waals surface area contributed by atoms with Crippen LogP contribution in [0.1, 0.15) is 20.3 Å². The van der Waals surface area contributed by atoms with E-state index in [0.29, 0.717) is 30.5 Å². The van der Waals surface area contributed by atoms with Crippen LogP contribution in [0, 0.1) is 5.82 Å². The number of anilines is 3. The van der Waals surface area contributed by atoms with Gasteiger partial charge in [0.2, 0.25) is 0 Å². The number of halogens is 2. The molecule has 0 saturated carbocycles. The van der Waals surface area contributed by atoms with Crippen LogP contribution in [0.15, 0.2) is 36.7 Å². The highest BCUT2D eigenvalue weighted by atomic mass is 35.5. The highest BCUT2D eigenvalue weighted by Gasteiger charge is 2.21. The summed E-state index contributed by atoms with van der Waals surface area (Å²) >= 11 is 5.92. The predicted octanol–water partition coefficient (Wildman–Crippen LogP) is 5.00. The average molecular weight is 446 g/mol. The topological polar surface area (TPSA) is 71.5 Å². The zero-order valence-electron chi connectivity index (χ0n) is 17.7. The molecule has 0 unspecified atom stereocenters. The molecule has 1 fully saturated rings. The lowest BCUT2D eigenvalue weighted by Crippen LogP contribution is -2.32. The molecule has 0 spiro atoms. The van der Waals surface area contributed by atoms with Gasteiger partial charge in [-0.25, -0.2) is 19.4 Å². The third kappa shape index (κ3) is 4.98. The van der Waals surface area contributed by atoms with Crippen molar-refractivity contribution in [3.8, 4) is 5.75 Å². The fourth-order valence-electron chi connectivity index (χ4n) is 3.18. The third-order valence-electron chi connectivity index (χ3n) is 5.17. The van der Waals surface area contributed by atoms with Crippen molar-refractivity contribution in [2.75, 3.05) is 31.0 Å². The molecule has 164 valence electrons. The van der Waals surface area contributed by atoms with Crippen molar-refractivity contribution in [3.05, 3.63) is 47.5 Å². The van der Waals surface area contributed by atoms with Gasteiger partial charge in [-0.15, -0.1) is 0 Å². The molecule has 9 heteroatoms. The molecule has 0 bridgehead atoms. The summed E-state index contributed by atoms with van der Waals surface area (Å²) in [6.07, 6.45) is 2.33. The molecule has 3 aromatic rings. The van der Waals surface area contributed by atoms with Crippen LogP contribution in [-0.4, -0.2) is 47.4 Å². The van der Waals surface area contributed by atoms with E-state index in [2.05, 4.69) is 34.6 Å². The van der Waals surface area contributed by atoms with Gasteiger partial charge >= 0.3 is 0 Å². The van der Waals surface area contributed by atoms with Crippen LogP contribution in [0.5, 0.6) is 5.75 Å². The maximum atomic E-state index is 13.5. The van der Waals surface area contributed by atoms with E-state index in [4.69, 9.17) is 21.1 Å². The maximum Gasteiger partial charge on any atom is 0.146 e. The van der Waals surface area contributed by atoms with E-state index in [-0.39, 0.29) is 17.2 Å². The molecule has 1 saturated heterocycles. The number of hydrazine groups is 1. The molecule has 4 rings (SSSR count). The summed E-state index contributed by atoms with van der Waals surface area (Å²) in [7, 11) is 1.97. The highest BCUT2D eigenvalue weighted by molar-refractivity contribution is 6.31. The van der Waals surface area contributed by atoms with Crippen LogP contribution in [0.4, 0.5) is 21.6 Å². The molecule has 1 aliphatic rings. The molecular weight excluding hydrogens is 421 g/mol. The Morgan fingerprint density at radius 1 is 1.26 bits per heavy atom. The molecule has 2 N–H and O–H groups in total. The Kier molecular flexibility index (Phi) is 6.41. The molecule has 2 heterocycles. The molecule has 1 aromatic heterocycles. The fourth-order valence-corrected chi connectivity index (χ4v) is 3.36. The minimum atomic E-state index is -0.472. The Morgan fingerprint density at radius 2 is 2.10 bits per heavy atom. The van der Waals surface area contributed by atoms with Gasteiger partial charge < -0.3 is 20.2 Å².